The van der Waals surface area contributed by atoms with Crippen LogP contribution in [0.5, 0.6) is 0 Å². The number of imidazole rings is 1. The summed E-state index contributed by atoms with van der Waals surface area (Å²) in [5.41, 5.74) is 1.50. The van der Waals surface area contributed by atoms with Crippen LogP contribution in [0.25, 0.3) is 6.08 Å². The van der Waals surface area contributed by atoms with Gasteiger partial charge in [0.1, 0.15) is 5.82 Å². The summed E-state index contributed by atoms with van der Waals surface area (Å²) in [5, 5.41) is 2.11. The molecule has 1 heterocycles. The number of thioether (sulfide) groups is 1. The first-order valence-electron chi connectivity index (χ1n) is 5.34. The van der Waals surface area contributed by atoms with Crippen molar-refractivity contribution in [3.05, 3.63) is 23.1 Å². The molecule has 2 nitrogen and oxygen atoms in total. The van der Waals surface area contributed by atoms with Crippen LogP contribution in [0.3, 0.4) is 0 Å². The maximum absolute atomic E-state index is 4.41. The molecular weight excluding hydrogens is 204 g/mol. The minimum absolute atomic E-state index is 0.382. The van der Waals surface area contributed by atoms with Crippen LogP contribution in [-0.2, 0) is 6.42 Å². The number of aromatic nitrogens is 2. The Balaban J connectivity index is 2.38. The molecule has 0 amide bonds. The van der Waals surface area contributed by atoms with Gasteiger partial charge in [-0.15, -0.1) is 11.8 Å². The van der Waals surface area contributed by atoms with Gasteiger partial charge in [-0.3, -0.25) is 0 Å². The van der Waals surface area contributed by atoms with E-state index in [1.807, 2.05) is 24.0 Å². The van der Waals surface area contributed by atoms with Crippen LogP contribution in [-0.4, -0.2) is 15.7 Å². The fourth-order valence-electron chi connectivity index (χ4n) is 1.05. The van der Waals surface area contributed by atoms with Gasteiger partial charge in [-0.25, -0.2) is 4.98 Å². The van der Waals surface area contributed by atoms with Gasteiger partial charge >= 0.3 is 0 Å². The fraction of sp³-hybridized carbons (Fsp3) is 0.583. The number of H-pyrrole nitrogens is 1. The zero-order chi connectivity index (χ0) is 11.3. The standard InChI is InChI=1S/C12H20N2S/c1-5-10-8-13-11(14-10)6-7-15-9-12(2,3)4/h6-8H,5,9H2,1-4H3,(H,13,14). The topological polar surface area (TPSA) is 28.7 Å². The second-order valence-electron chi connectivity index (χ2n) is 4.81. The third kappa shape index (κ3) is 5.07. The van der Waals surface area contributed by atoms with Gasteiger partial charge in [-0.05, 0) is 23.3 Å². The normalized spacial score (nSPS) is 12.5. The van der Waals surface area contributed by atoms with Crippen LogP contribution < -0.4 is 0 Å². The Labute approximate surface area is 96.6 Å². The Hall–Kier alpha value is -0.700. The monoisotopic (exact) mass is 224 g/mol. The number of aromatic amines is 1. The zero-order valence-corrected chi connectivity index (χ0v) is 10.8. The summed E-state index contributed by atoms with van der Waals surface area (Å²) in [7, 11) is 0. The second-order valence-corrected chi connectivity index (χ2v) is 5.70. The number of aryl methyl sites for hydroxylation is 1. The Morgan fingerprint density at radius 3 is 2.73 bits per heavy atom. The van der Waals surface area contributed by atoms with Gasteiger partial charge in [-0.2, -0.15) is 0 Å². The maximum Gasteiger partial charge on any atom is 0.130 e. The summed E-state index contributed by atoms with van der Waals surface area (Å²) in [5.74, 6) is 2.08. The van der Waals surface area contributed by atoms with Gasteiger partial charge in [0.25, 0.3) is 0 Å². The SMILES string of the molecule is CCc1c[nH]c(C=CSCC(C)(C)C)n1. The molecule has 15 heavy (non-hydrogen) atoms. The van der Waals surface area contributed by atoms with Crippen molar-refractivity contribution in [3.8, 4) is 0 Å². The molecule has 0 unspecified atom stereocenters. The van der Waals surface area contributed by atoms with Gasteiger partial charge in [0.15, 0.2) is 0 Å². The first-order valence-corrected chi connectivity index (χ1v) is 6.38. The first kappa shape index (κ1) is 12.4. The summed E-state index contributed by atoms with van der Waals surface area (Å²) in [6.07, 6.45) is 4.99. The molecule has 1 rings (SSSR count). The molecule has 0 atom stereocenters. The molecule has 0 aliphatic carbocycles. The minimum Gasteiger partial charge on any atom is -0.345 e. The number of nitrogens with zero attached hydrogens (tertiary/aromatic N) is 1. The van der Waals surface area contributed by atoms with E-state index in [2.05, 4.69) is 43.1 Å². The van der Waals surface area contributed by atoms with Crippen LogP contribution in [0.1, 0.15) is 39.2 Å². The molecule has 0 aliphatic heterocycles. The van der Waals surface area contributed by atoms with Crippen molar-refractivity contribution < 1.29 is 0 Å². The number of rotatable bonds is 4. The summed E-state index contributed by atoms with van der Waals surface area (Å²) < 4.78 is 0. The van der Waals surface area contributed by atoms with Gasteiger partial charge in [0.2, 0.25) is 0 Å². The third-order valence-corrected chi connectivity index (χ3v) is 3.21. The summed E-state index contributed by atoms with van der Waals surface area (Å²) >= 11 is 1.83. The first-order chi connectivity index (χ1) is 7.01. The molecule has 0 bridgehead atoms. The molecule has 0 aromatic carbocycles. The molecule has 1 aromatic heterocycles. The Kier molecular flexibility index (Phi) is 4.45. The lowest BCUT2D eigenvalue weighted by atomic mass is 10.0. The smallest absolute Gasteiger partial charge is 0.130 e. The van der Waals surface area contributed by atoms with Gasteiger partial charge in [-0.1, -0.05) is 27.7 Å². The number of hydrogen-bond donors (Lipinski definition) is 1. The molecule has 0 radical (unpaired) electrons. The second kappa shape index (κ2) is 5.40. The average Bonchev–Trinajstić information content (AvgIpc) is 2.59. The molecule has 84 valence electrons. The van der Waals surface area contributed by atoms with Crippen molar-refractivity contribution in [2.45, 2.75) is 34.1 Å². The van der Waals surface area contributed by atoms with E-state index in [0.717, 1.165) is 23.7 Å². The average molecular weight is 224 g/mol. The Morgan fingerprint density at radius 2 is 2.20 bits per heavy atom. The van der Waals surface area contributed by atoms with E-state index in [1.165, 1.54) is 0 Å². The molecule has 0 spiro atoms. The van der Waals surface area contributed by atoms with Crippen molar-refractivity contribution in [1.82, 2.24) is 9.97 Å². The lowest BCUT2D eigenvalue weighted by Gasteiger charge is -2.15. The van der Waals surface area contributed by atoms with Crippen LogP contribution in [0, 0.1) is 5.41 Å². The number of hydrogen-bond acceptors (Lipinski definition) is 2. The van der Waals surface area contributed by atoms with E-state index in [-0.39, 0.29) is 0 Å². The van der Waals surface area contributed by atoms with E-state index < -0.39 is 0 Å². The summed E-state index contributed by atoms with van der Waals surface area (Å²) in [6.45, 7) is 8.85. The highest BCUT2D eigenvalue weighted by Crippen LogP contribution is 2.21. The van der Waals surface area contributed by atoms with E-state index in [0.29, 0.717) is 5.41 Å². The molecule has 3 heteroatoms. The van der Waals surface area contributed by atoms with Gasteiger partial charge < -0.3 is 4.98 Å². The van der Waals surface area contributed by atoms with Crippen molar-refractivity contribution in [2.24, 2.45) is 5.41 Å². The van der Waals surface area contributed by atoms with Crippen molar-refractivity contribution in [3.63, 3.8) is 0 Å². The maximum atomic E-state index is 4.41. The van der Waals surface area contributed by atoms with Crippen molar-refractivity contribution in [2.75, 3.05) is 5.75 Å². The predicted molar refractivity (Wildman–Crippen MR) is 68.9 cm³/mol. The van der Waals surface area contributed by atoms with E-state index in [9.17, 15) is 0 Å². The highest BCUT2D eigenvalue weighted by molar-refractivity contribution is 8.02. The van der Waals surface area contributed by atoms with Crippen molar-refractivity contribution >= 4 is 17.8 Å². The molecule has 1 N–H and O–H groups in total. The lowest BCUT2D eigenvalue weighted by Crippen LogP contribution is -2.07. The molecular formula is C12H20N2S. The fourth-order valence-corrected chi connectivity index (χ4v) is 1.88. The van der Waals surface area contributed by atoms with Gasteiger partial charge in [0, 0.05) is 11.9 Å². The Bertz CT molecular complexity index is 321. The predicted octanol–water partition coefficient (Wildman–Crippen LogP) is 3.72. The molecule has 1 aromatic rings. The van der Waals surface area contributed by atoms with E-state index in [1.54, 1.807) is 0 Å². The van der Waals surface area contributed by atoms with Gasteiger partial charge in [0.05, 0.1) is 5.69 Å². The molecule has 0 aliphatic rings. The minimum atomic E-state index is 0.382. The third-order valence-electron chi connectivity index (χ3n) is 1.85. The quantitative estimate of drug-likeness (QED) is 0.844. The zero-order valence-electron chi connectivity index (χ0n) is 10.0. The molecule has 0 saturated carbocycles. The number of nitrogens with one attached hydrogen (secondary N) is 1. The van der Waals surface area contributed by atoms with Crippen LogP contribution in [0.2, 0.25) is 0 Å². The highest BCUT2D eigenvalue weighted by atomic mass is 32.2. The highest BCUT2D eigenvalue weighted by Gasteiger charge is 2.08. The van der Waals surface area contributed by atoms with Crippen molar-refractivity contribution in [1.29, 1.82) is 0 Å². The lowest BCUT2D eigenvalue weighted by molar-refractivity contribution is 0.481. The van der Waals surface area contributed by atoms with Crippen LogP contribution >= 0.6 is 11.8 Å². The van der Waals surface area contributed by atoms with E-state index in [4.69, 9.17) is 0 Å². The largest absolute Gasteiger partial charge is 0.345 e. The van der Waals surface area contributed by atoms with Crippen LogP contribution in [0.4, 0.5) is 0 Å². The summed E-state index contributed by atoms with van der Waals surface area (Å²) in [4.78, 5) is 7.55. The molecule has 0 saturated heterocycles. The summed E-state index contributed by atoms with van der Waals surface area (Å²) in [6, 6.07) is 0. The van der Waals surface area contributed by atoms with E-state index >= 15 is 0 Å². The Morgan fingerprint density at radius 1 is 1.47 bits per heavy atom. The molecule has 0 fully saturated rings. The van der Waals surface area contributed by atoms with Crippen LogP contribution in [0.15, 0.2) is 11.6 Å².